The number of hydrogen-bond acceptors (Lipinski definition) is 2. The molecule has 0 aromatic heterocycles. The molecule has 1 heterocycles. The van der Waals surface area contributed by atoms with Gasteiger partial charge in [-0.3, -0.25) is 4.79 Å². The molecule has 2 rings (SSSR count). The number of hydrogen-bond donors (Lipinski definition) is 0. The standard InChI is InChI=1S/C16H23NO/c1-13-6-8-15(9-7-13)16(18)14(2)12-17-10-4-3-5-11-17/h6-9,14H,3-5,10-12H2,1-2H3/i2T. The van der Waals surface area contributed by atoms with E-state index >= 15 is 0 Å². The zero-order chi connectivity index (χ0) is 13.7. The normalized spacial score (nSPS) is 19.3. The highest BCUT2D eigenvalue weighted by molar-refractivity contribution is 5.97. The predicted molar refractivity (Wildman–Crippen MR) is 75.0 cm³/mol. The van der Waals surface area contributed by atoms with E-state index in [1.165, 1.54) is 19.3 Å². The molecule has 0 aliphatic carbocycles. The lowest BCUT2D eigenvalue weighted by atomic mass is 9.97. The van der Waals surface area contributed by atoms with E-state index in [0.717, 1.165) is 30.8 Å². The number of ketones is 1. The average Bonchev–Trinajstić information content (AvgIpc) is 2.46. The van der Waals surface area contributed by atoms with Crippen LogP contribution in [0.2, 0.25) is 0 Å². The quantitative estimate of drug-likeness (QED) is 0.761. The van der Waals surface area contributed by atoms with Crippen LogP contribution in [-0.4, -0.2) is 30.3 Å². The van der Waals surface area contributed by atoms with E-state index in [1.807, 2.05) is 31.2 Å². The number of aryl methyl sites for hydroxylation is 1. The third kappa shape index (κ3) is 3.42. The second-order valence-electron chi connectivity index (χ2n) is 5.29. The molecule has 1 unspecified atom stereocenters. The Bertz CT molecular complexity index is 409. The van der Waals surface area contributed by atoms with Gasteiger partial charge in [-0.15, -0.1) is 0 Å². The van der Waals surface area contributed by atoms with Crippen LogP contribution in [-0.2, 0) is 0 Å². The first-order chi connectivity index (χ1) is 9.20. The van der Waals surface area contributed by atoms with Crippen molar-refractivity contribution in [1.29, 1.82) is 0 Å². The molecule has 1 aromatic rings. The van der Waals surface area contributed by atoms with Crippen LogP contribution in [0.1, 0.15) is 43.5 Å². The molecule has 0 bridgehead atoms. The van der Waals surface area contributed by atoms with Gasteiger partial charge in [-0.1, -0.05) is 43.1 Å². The van der Waals surface area contributed by atoms with Gasteiger partial charge in [-0.25, -0.2) is 0 Å². The van der Waals surface area contributed by atoms with Crippen molar-refractivity contribution in [3.63, 3.8) is 0 Å². The lowest BCUT2D eigenvalue weighted by molar-refractivity contribution is 0.0883. The topological polar surface area (TPSA) is 20.3 Å². The van der Waals surface area contributed by atoms with Crippen molar-refractivity contribution in [2.24, 2.45) is 5.92 Å². The van der Waals surface area contributed by atoms with Crippen molar-refractivity contribution < 1.29 is 6.17 Å². The molecule has 1 aliphatic heterocycles. The monoisotopic (exact) mass is 247 g/mol. The molecule has 0 spiro atoms. The van der Waals surface area contributed by atoms with Gasteiger partial charge in [0.05, 0.1) is 0 Å². The fourth-order valence-corrected chi connectivity index (χ4v) is 2.49. The highest BCUT2D eigenvalue weighted by atomic mass is 16.1. The number of carbonyl (C=O) groups is 1. The van der Waals surface area contributed by atoms with Gasteiger partial charge in [-0.2, -0.15) is 0 Å². The second-order valence-corrected chi connectivity index (χ2v) is 5.29. The Morgan fingerprint density at radius 2 is 1.94 bits per heavy atom. The van der Waals surface area contributed by atoms with E-state index in [-0.39, 0.29) is 18.6 Å². The molecule has 98 valence electrons. The fourth-order valence-electron chi connectivity index (χ4n) is 2.49. The summed E-state index contributed by atoms with van der Waals surface area (Å²) in [6.07, 6.45) is 3.75. The molecule has 18 heavy (non-hydrogen) atoms. The van der Waals surface area contributed by atoms with Crippen molar-refractivity contribution in [1.82, 2.24) is 4.90 Å². The van der Waals surface area contributed by atoms with Gasteiger partial charge >= 0.3 is 0 Å². The summed E-state index contributed by atoms with van der Waals surface area (Å²) in [6, 6.07) is 7.71. The van der Waals surface area contributed by atoms with Crippen molar-refractivity contribution in [2.45, 2.75) is 33.1 Å². The summed E-state index contributed by atoms with van der Waals surface area (Å²) < 4.78 is 7.65. The van der Waals surface area contributed by atoms with Crippen LogP contribution in [0.5, 0.6) is 0 Å². The predicted octanol–water partition coefficient (Wildman–Crippen LogP) is 3.30. The maximum Gasteiger partial charge on any atom is 0.166 e. The Labute approximate surface area is 111 Å². The molecule has 0 N–H and O–H groups in total. The molecule has 0 saturated carbocycles. The molecule has 0 radical (unpaired) electrons. The van der Waals surface area contributed by atoms with Crippen LogP contribution in [0.4, 0.5) is 0 Å². The second kappa shape index (κ2) is 6.14. The van der Waals surface area contributed by atoms with Crippen LogP contribution in [0, 0.1) is 12.8 Å². The minimum Gasteiger partial charge on any atom is -0.303 e. The first kappa shape index (κ1) is 11.9. The Hall–Kier alpha value is -1.15. The third-order valence-electron chi connectivity index (χ3n) is 3.63. The molecule has 2 nitrogen and oxygen atoms in total. The Morgan fingerprint density at radius 3 is 2.56 bits per heavy atom. The molecule has 1 fully saturated rings. The zero-order valence-electron chi connectivity index (χ0n) is 12.2. The summed E-state index contributed by atoms with van der Waals surface area (Å²) >= 11 is 0. The summed E-state index contributed by atoms with van der Waals surface area (Å²) in [5.74, 6) is -0.0543. The van der Waals surface area contributed by atoms with E-state index in [2.05, 4.69) is 4.90 Å². The SMILES string of the molecule is [3H]CC(CN1CCCCC1)C(=O)c1ccc(C)cc1. The van der Waals surface area contributed by atoms with Gasteiger partial charge in [-0.05, 0) is 32.9 Å². The van der Waals surface area contributed by atoms with Crippen LogP contribution in [0.15, 0.2) is 24.3 Å². The summed E-state index contributed by atoms with van der Waals surface area (Å²) in [5, 5.41) is 0. The Kier molecular flexibility index (Phi) is 4.07. The maximum atomic E-state index is 12.4. The van der Waals surface area contributed by atoms with Crippen LogP contribution < -0.4 is 0 Å². The Balaban J connectivity index is 1.99. The van der Waals surface area contributed by atoms with Gasteiger partial charge in [0.15, 0.2) is 5.78 Å². The van der Waals surface area contributed by atoms with Gasteiger partial charge in [0.1, 0.15) is 0 Å². The number of likely N-dealkylation sites (tertiary alicyclic amines) is 1. The fraction of sp³-hybridized carbons (Fsp3) is 0.562. The van der Waals surface area contributed by atoms with E-state index in [9.17, 15) is 4.79 Å². The number of piperidine rings is 1. The summed E-state index contributed by atoms with van der Waals surface area (Å²) in [4.78, 5) is 14.8. The first-order valence-corrected chi connectivity index (χ1v) is 6.83. The smallest absolute Gasteiger partial charge is 0.166 e. The number of nitrogens with zero attached hydrogens (tertiary/aromatic N) is 1. The largest absolute Gasteiger partial charge is 0.303 e. The van der Waals surface area contributed by atoms with E-state index in [0.29, 0.717) is 0 Å². The average molecular weight is 247 g/mol. The molecule has 2 heteroatoms. The minimum atomic E-state index is -0.180. The van der Waals surface area contributed by atoms with Crippen LogP contribution >= 0.6 is 0 Å². The highest BCUT2D eigenvalue weighted by Gasteiger charge is 2.19. The zero-order valence-corrected chi connectivity index (χ0v) is 11.2. The number of benzene rings is 1. The van der Waals surface area contributed by atoms with E-state index in [1.54, 1.807) is 0 Å². The summed E-state index contributed by atoms with van der Waals surface area (Å²) in [5.41, 5.74) is 1.91. The molecule has 0 amide bonds. The Morgan fingerprint density at radius 1 is 1.28 bits per heavy atom. The van der Waals surface area contributed by atoms with Crippen molar-refractivity contribution >= 4 is 5.78 Å². The van der Waals surface area contributed by atoms with Crippen molar-refractivity contribution in [2.75, 3.05) is 19.6 Å². The number of Topliss-reactive ketones (excluding diaryl/α,β-unsaturated/α-hetero) is 1. The van der Waals surface area contributed by atoms with Crippen molar-refractivity contribution in [3.05, 3.63) is 35.4 Å². The van der Waals surface area contributed by atoms with Gasteiger partial charge in [0, 0.05) is 19.4 Å². The molecule has 1 aliphatic rings. The molecular weight excluding hydrogens is 222 g/mol. The van der Waals surface area contributed by atoms with Gasteiger partial charge in [0.2, 0.25) is 0 Å². The van der Waals surface area contributed by atoms with Crippen LogP contribution in [0.25, 0.3) is 0 Å². The van der Waals surface area contributed by atoms with E-state index < -0.39 is 0 Å². The molecule has 1 aromatic carbocycles. The summed E-state index contributed by atoms with van der Waals surface area (Å²) in [6.45, 7) is 5.11. The molecule has 1 atom stereocenters. The lowest BCUT2D eigenvalue weighted by Crippen LogP contribution is -2.35. The number of rotatable bonds is 4. The number of carbonyl (C=O) groups excluding carboxylic acids is 1. The van der Waals surface area contributed by atoms with Gasteiger partial charge in [0.25, 0.3) is 0 Å². The lowest BCUT2D eigenvalue weighted by Gasteiger charge is -2.28. The molecular formula is C16H23NO. The minimum absolute atomic E-state index is 0.126. The van der Waals surface area contributed by atoms with Crippen LogP contribution in [0.3, 0.4) is 0 Å². The summed E-state index contributed by atoms with van der Waals surface area (Å²) in [7, 11) is 0. The van der Waals surface area contributed by atoms with E-state index in [4.69, 9.17) is 1.37 Å². The highest BCUT2D eigenvalue weighted by Crippen LogP contribution is 2.15. The maximum absolute atomic E-state index is 12.4. The molecule has 1 saturated heterocycles. The first-order valence-electron chi connectivity index (χ1n) is 7.54. The van der Waals surface area contributed by atoms with Crippen molar-refractivity contribution in [3.8, 4) is 0 Å². The van der Waals surface area contributed by atoms with Gasteiger partial charge < -0.3 is 4.90 Å². The third-order valence-corrected chi connectivity index (χ3v) is 3.63.